The van der Waals surface area contributed by atoms with E-state index in [1.165, 1.54) is 0 Å². The summed E-state index contributed by atoms with van der Waals surface area (Å²) in [5.41, 5.74) is 5.49. The van der Waals surface area contributed by atoms with Crippen LogP contribution in [0, 0.1) is 11.8 Å². The number of nitrogens with zero attached hydrogens (tertiary/aromatic N) is 2. The lowest BCUT2D eigenvalue weighted by molar-refractivity contribution is -0.145. The van der Waals surface area contributed by atoms with Crippen LogP contribution in [0.2, 0.25) is 0 Å². The maximum absolute atomic E-state index is 13.3. The lowest BCUT2D eigenvalue weighted by Gasteiger charge is -2.39. The van der Waals surface area contributed by atoms with Crippen LogP contribution in [0.25, 0.3) is 0 Å². The van der Waals surface area contributed by atoms with Crippen LogP contribution in [0.15, 0.2) is 0 Å². The molecular formula is C22H41N3O5. The van der Waals surface area contributed by atoms with E-state index in [2.05, 4.69) is 13.8 Å². The Bertz CT molecular complexity index is 585. The third kappa shape index (κ3) is 6.17. The quantitative estimate of drug-likeness (QED) is 0.512. The van der Waals surface area contributed by atoms with Gasteiger partial charge in [-0.05, 0) is 18.8 Å². The standard InChI is InChI=1S/C22H41N3O5/c1-8-14(3)20(24(5)18(26)9-2)17(29-6)13-19(27)25-12-10-11-16(25)21(30-7)15(4)22(23)28/h14-17,20-21H,8-13H2,1-7H3,(H2,23,28)/t14-,15+,16-,17+,20-,21+/m0/s1. The highest BCUT2D eigenvalue weighted by Gasteiger charge is 2.41. The molecular weight excluding hydrogens is 386 g/mol. The third-order valence-electron chi connectivity index (χ3n) is 6.64. The number of amides is 3. The molecule has 0 aromatic heterocycles. The summed E-state index contributed by atoms with van der Waals surface area (Å²) in [5.74, 6) is -0.767. The fraction of sp³-hybridized carbons (Fsp3) is 0.864. The summed E-state index contributed by atoms with van der Waals surface area (Å²) < 4.78 is 11.3. The highest BCUT2D eigenvalue weighted by Crippen LogP contribution is 2.29. The van der Waals surface area contributed by atoms with E-state index in [0.717, 1.165) is 19.3 Å². The first-order valence-corrected chi connectivity index (χ1v) is 11.0. The monoisotopic (exact) mass is 427 g/mol. The van der Waals surface area contributed by atoms with Gasteiger partial charge in [0.15, 0.2) is 0 Å². The third-order valence-corrected chi connectivity index (χ3v) is 6.64. The molecule has 0 aliphatic carbocycles. The smallest absolute Gasteiger partial charge is 0.225 e. The van der Waals surface area contributed by atoms with Crippen LogP contribution in [0.5, 0.6) is 0 Å². The summed E-state index contributed by atoms with van der Waals surface area (Å²) in [6, 6.07) is -0.389. The fourth-order valence-corrected chi connectivity index (χ4v) is 4.59. The van der Waals surface area contributed by atoms with E-state index in [1.54, 1.807) is 38.0 Å². The SMILES string of the molecule is CCC(=O)N(C)[C@@H]([C@@H](C)CC)[C@@H](CC(=O)N1CCC[C@H]1[C@H](OC)[C@@H](C)C(N)=O)OC. The number of likely N-dealkylation sites (tertiary alicyclic amines) is 1. The minimum Gasteiger partial charge on any atom is -0.379 e. The topological polar surface area (TPSA) is 102 Å². The highest BCUT2D eigenvalue weighted by atomic mass is 16.5. The highest BCUT2D eigenvalue weighted by molar-refractivity contribution is 5.79. The molecule has 2 N–H and O–H groups in total. The number of primary amides is 1. The maximum atomic E-state index is 13.3. The van der Waals surface area contributed by atoms with Gasteiger partial charge in [-0.1, -0.05) is 34.1 Å². The van der Waals surface area contributed by atoms with E-state index >= 15 is 0 Å². The lowest BCUT2D eigenvalue weighted by atomic mass is 9.90. The number of hydrogen-bond acceptors (Lipinski definition) is 5. The van der Waals surface area contributed by atoms with Gasteiger partial charge in [0, 0.05) is 34.2 Å². The van der Waals surface area contributed by atoms with E-state index < -0.39 is 24.0 Å². The summed E-state index contributed by atoms with van der Waals surface area (Å²) in [4.78, 5) is 40.9. The van der Waals surface area contributed by atoms with Gasteiger partial charge in [0.1, 0.15) is 0 Å². The van der Waals surface area contributed by atoms with Gasteiger partial charge >= 0.3 is 0 Å². The summed E-state index contributed by atoms with van der Waals surface area (Å²) in [6.45, 7) is 8.33. The van der Waals surface area contributed by atoms with Gasteiger partial charge in [0.05, 0.1) is 36.6 Å². The molecule has 6 atom stereocenters. The van der Waals surface area contributed by atoms with Crippen LogP contribution in [-0.4, -0.2) is 79.6 Å². The molecule has 1 aliphatic heterocycles. The molecule has 1 rings (SSSR count). The number of ether oxygens (including phenoxy) is 2. The van der Waals surface area contributed by atoms with Gasteiger partial charge in [0.25, 0.3) is 0 Å². The van der Waals surface area contributed by atoms with Crippen LogP contribution in [-0.2, 0) is 23.9 Å². The molecule has 3 amide bonds. The first kappa shape index (κ1) is 26.4. The van der Waals surface area contributed by atoms with Crippen molar-refractivity contribution in [3.8, 4) is 0 Å². The van der Waals surface area contributed by atoms with Crippen LogP contribution in [0.4, 0.5) is 0 Å². The van der Waals surface area contributed by atoms with E-state index in [0.29, 0.717) is 13.0 Å². The first-order valence-electron chi connectivity index (χ1n) is 11.0. The average Bonchev–Trinajstić information content (AvgIpc) is 3.21. The Morgan fingerprint density at radius 3 is 2.27 bits per heavy atom. The Labute approximate surface area is 181 Å². The van der Waals surface area contributed by atoms with Crippen LogP contribution in [0.1, 0.15) is 59.8 Å². The zero-order chi connectivity index (χ0) is 23.0. The van der Waals surface area contributed by atoms with Crippen molar-refractivity contribution in [2.24, 2.45) is 17.6 Å². The summed E-state index contributed by atoms with van der Waals surface area (Å²) >= 11 is 0. The van der Waals surface area contributed by atoms with Crippen LogP contribution in [0.3, 0.4) is 0 Å². The van der Waals surface area contributed by atoms with Gasteiger partial charge in [-0.15, -0.1) is 0 Å². The Morgan fingerprint density at radius 1 is 1.17 bits per heavy atom. The molecule has 1 fully saturated rings. The summed E-state index contributed by atoms with van der Waals surface area (Å²) in [6.07, 6.45) is 2.21. The molecule has 0 radical (unpaired) electrons. The predicted octanol–water partition coefficient (Wildman–Crippen LogP) is 1.80. The van der Waals surface area contributed by atoms with Crippen molar-refractivity contribution < 1.29 is 23.9 Å². The summed E-state index contributed by atoms with van der Waals surface area (Å²) in [5, 5.41) is 0. The molecule has 0 aromatic carbocycles. The van der Waals surface area contributed by atoms with Crippen LogP contribution < -0.4 is 5.73 Å². The molecule has 0 unspecified atom stereocenters. The predicted molar refractivity (Wildman–Crippen MR) is 116 cm³/mol. The number of carbonyl (C=O) groups excluding carboxylic acids is 3. The molecule has 0 saturated carbocycles. The number of rotatable bonds is 12. The maximum Gasteiger partial charge on any atom is 0.225 e. The molecule has 174 valence electrons. The van der Waals surface area contributed by atoms with Gasteiger partial charge in [0.2, 0.25) is 17.7 Å². The average molecular weight is 428 g/mol. The Balaban J connectivity index is 3.04. The van der Waals surface area contributed by atoms with Gasteiger partial charge in [-0.25, -0.2) is 0 Å². The lowest BCUT2D eigenvalue weighted by Crippen LogP contribution is -2.53. The van der Waals surface area contributed by atoms with Crippen molar-refractivity contribution in [1.82, 2.24) is 9.80 Å². The van der Waals surface area contributed by atoms with Crippen molar-refractivity contribution in [2.45, 2.75) is 84.1 Å². The molecule has 0 bridgehead atoms. The second-order valence-corrected chi connectivity index (χ2v) is 8.40. The molecule has 8 nitrogen and oxygen atoms in total. The zero-order valence-corrected chi connectivity index (χ0v) is 19.7. The number of hydrogen-bond donors (Lipinski definition) is 1. The molecule has 30 heavy (non-hydrogen) atoms. The van der Waals surface area contributed by atoms with E-state index in [4.69, 9.17) is 15.2 Å². The number of nitrogens with two attached hydrogens (primary N) is 1. The zero-order valence-electron chi connectivity index (χ0n) is 19.7. The first-order chi connectivity index (χ1) is 14.1. The molecule has 1 aliphatic rings. The van der Waals surface area contributed by atoms with Gasteiger partial charge in [-0.3, -0.25) is 14.4 Å². The van der Waals surface area contributed by atoms with E-state index in [9.17, 15) is 14.4 Å². The molecule has 0 aromatic rings. The fourth-order valence-electron chi connectivity index (χ4n) is 4.59. The van der Waals surface area contributed by atoms with Crippen molar-refractivity contribution in [2.75, 3.05) is 27.8 Å². The Kier molecular flexibility index (Phi) is 10.8. The van der Waals surface area contributed by atoms with Gasteiger partial charge < -0.3 is 25.0 Å². The molecule has 8 heteroatoms. The summed E-state index contributed by atoms with van der Waals surface area (Å²) in [7, 11) is 4.92. The van der Waals surface area contributed by atoms with Crippen molar-refractivity contribution in [1.29, 1.82) is 0 Å². The number of carbonyl (C=O) groups is 3. The minimum atomic E-state index is -0.493. The van der Waals surface area contributed by atoms with Crippen LogP contribution >= 0.6 is 0 Å². The number of likely N-dealkylation sites (N-methyl/N-ethyl adjacent to an activating group) is 1. The van der Waals surface area contributed by atoms with Crippen molar-refractivity contribution in [3.05, 3.63) is 0 Å². The normalized spacial score (nSPS) is 21.6. The van der Waals surface area contributed by atoms with Crippen molar-refractivity contribution in [3.63, 3.8) is 0 Å². The van der Waals surface area contributed by atoms with E-state index in [1.807, 2.05) is 6.92 Å². The second kappa shape index (κ2) is 12.2. The molecule has 0 spiro atoms. The number of methoxy groups -OCH3 is 2. The Hall–Kier alpha value is -1.67. The van der Waals surface area contributed by atoms with Crippen molar-refractivity contribution >= 4 is 17.7 Å². The second-order valence-electron chi connectivity index (χ2n) is 8.40. The molecule has 1 heterocycles. The largest absolute Gasteiger partial charge is 0.379 e. The minimum absolute atomic E-state index is 0.0311. The Morgan fingerprint density at radius 2 is 1.80 bits per heavy atom. The molecule has 1 saturated heterocycles. The van der Waals surface area contributed by atoms with E-state index in [-0.39, 0.29) is 36.2 Å². The van der Waals surface area contributed by atoms with Gasteiger partial charge in [-0.2, -0.15) is 0 Å².